The molecule has 2 N–H and O–H groups in total. The van der Waals surface area contributed by atoms with Gasteiger partial charge in [0.25, 0.3) is 0 Å². The molecular weight excluding hydrogens is 200 g/mol. The molecule has 0 spiro atoms. The van der Waals surface area contributed by atoms with E-state index in [0.717, 1.165) is 18.7 Å². The molecule has 0 bridgehead atoms. The fourth-order valence-electron chi connectivity index (χ4n) is 2.04. The summed E-state index contributed by atoms with van der Waals surface area (Å²) >= 11 is 0. The summed E-state index contributed by atoms with van der Waals surface area (Å²) in [4.78, 5) is 4.33. The summed E-state index contributed by atoms with van der Waals surface area (Å²) in [6.07, 6.45) is 5.24. The lowest BCUT2D eigenvalue weighted by atomic mass is 10.0. The van der Waals surface area contributed by atoms with Crippen LogP contribution in [0.15, 0.2) is 24.4 Å². The maximum atomic E-state index is 8.98. The average Bonchev–Trinajstić information content (AvgIpc) is 3.08. The molecular formula is C13H20N2O. The standard InChI is InChI=1S/C13H20N2O/c1-11(12-4-2-3-8-14-12)15-10-13(5-6-13)7-9-16/h2-4,8,11,15-16H,5-7,9-10H2,1H3. The molecule has 1 aliphatic carbocycles. The molecule has 1 atom stereocenters. The number of aliphatic hydroxyl groups is 1. The first-order valence-corrected chi connectivity index (χ1v) is 6.01. The summed E-state index contributed by atoms with van der Waals surface area (Å²) in [6.45, 7) is 3.43. The van der Waals surface area contributed by atoms with Crippen molar-refractivity contribution in [3.05, 3.63) is 30.1 Å². The van der Waals surface area contributed by atoms with Crippen LogP contribution in [0.25, 0.3) is 0 Å². The highest BCUT2D eigenvalue weighted by Gasteiger charge is 2.41. The van der Waals surface area contributed by atoms with Crippen LogP contribution in [0, 0.1) is 5.41 Å². The molecule has 0 saturated heterocycles. The molecule has 2 rings (SSSR count). The Morgan fingerprint density at radius 1 is 1.50 bits per heavy atom. The maximum absolute atomic E-state index is 8.98. The summed E-state index contributed by atoms with van der Waals surface area (Å²) in [7, 11) is 0. The molecule has 0 aromatic carbocycles. The van der Waals surface area contributed by atoms with Gasteiger partial charge in [0.05, 0.1) is 5.69 Å². The molecule has 1 saturated carbocycles. The Morgan fingerprint density at radius 2 is 2.31 bits per heavy atom. The smallest absolute Gasteiger partial charge is 0.0570 e. The number of nitrogens with one attached hydrogen (secondary N) is 1. The maximum Gasteiger partial charge on any atom is 0.0570 e. The summed E-state index contributed by atoms with van der Waals surface area (Å²) < 4.78 is 0. The van der Waals surface area contributed by atoms with E-state index in [1.54, 1.807) is 0 Å². The molecule has 1 aromatic rings. The molecule has 0 amide bonds. The van der Waals surface area contributed by atoms with Gasteiger partial charge in [0.1, 0.15) is 0 Å². The lowest BCUT2D eigenvalue weighted by molar-refractivity contribution is 0.242. The molecule has 1 fully saturated rings. The fourth-order valence-corrected chi connectivity index (χ4v) is 2.04. The van der Waals surface area contributed by atoms with Gasteiger partial charge in [0.15, 0.2) is 0 Å². The second kappa shape index (κ2) is 4.93. The Hall–Kier alpha value is -0.930. The summed E-state index contributed by atoms with van der Waals surface area (Å²) in [6, 6.07) is 6.28. The Labute approximate surface area is 96.9 Å². The van der Waals surface area contributed by atoms with Crippen LogP contribution in [0.4, 0.5) is 0 Å². The number of hydrogen-bond donors (Lipinski definition) is 2. The molecule has 1 heterocycles. The number of nitrogens with zero attached hydrogens (tertiary/aromatic N) is 1. The Morgan fingerprint density at radius 3 is 2.88 bits per heavy atom. The highest BCUT2D eigenvalue weighted by molar-refractivity contribution is 5.08. The normalized spacial score (nSPS) is 19.4. The van der Waals surface area contributed by atoms with Crippen molar-refractivity contribution in [2.24, 2.45) is 5.41 Å². The van der Waals surface area contributed by atoms with E-state index >= 15 is 0 Å². The van der Waals surface area contributed by atoms with Gasteiger partial charge >= 0.3 is 0 Å². The summed E-state index contributed by atoms with van der Waals surface area (Å²) in [5, 5.41) is 12.5. The van der Waals surface area contributed by atoms with Gasteiger partial charge in [0, 0.05) is 25.4 Å². The van der Waals surface area contributed by atoms with Gasteiger partial charge in [-0.15, -0.1) is 0 Å². The van der Waals surface area contributed by atoms with E-state index in [9.17, 15) is 0 Å². The molecule has 3 heteroatoms. The third-order valence-electron chi connectivity index (χ3n) is 3.51. The van der Waals surface area contributed by atoms with Gasteiger partial charge in [-0.2, -0.15) is 0 Å². The van der Waals surface area contributed by atoms with Crippen LogP contribution in [0.3, 0.4) is 0 Å². The molecule has 0 radical (unpaired) electrons. The SMILES string of the molecule is CC(NCC1(CCO)CC1)c1ccccn1. The molecule has 3 nitrogen and oxygen atoms in total. The largest absolute Gasteiger partial charge is 0.396 e. The van der Waals surface area contributed by atoms with Crippen LogP contribution >= 0.6 is 0 Å². The van der Waals surface area contributed by atoms with E-state index < -0.39 is 0 Å². The zero-order valence-corrected chi connectivity index (χ0v) is 9.82. The van der Waals surface area contributed by atoms with Crippen LogP contribution in [-0.2, 0) is 0 Å². The van der Waals surface area contributed by atoms with Crippen LogP contribution in [-0.4, -0.2) is 23.2 Å². The second-order valence-electron chi connectivity index (χ2n) is 4.83. The van der Waals surface area contributed by atoms with Gasteiger partial charge in [-0.3, -0.25) is 4.98 Å². The fraction of sp³-hybridized carbons (Fsp3) is 0.615. The van der Waals surface area contributed by atoms with Gasteiger partial charge in [-0.1, -0.05) is 6.07 Å². The van der Waals surface area contributed by atoms with E-state index in [-0.39, 0.29) is 6.04 Å². The zero-order valence-electron chi connectivity index (χ0n) is 9.82. The molecule has 1 aromatic heterocycles. The Balaban J connectivity index is 1.82. The third-order valence-corrected chi connectivity index (χ3v) is 3.51. The summed E-state index contributed by atoms with van der Waals surface area (Å²) in [5.74, 6) is 0. The predicted octanol–water partition coefficient (Wildman–Crippen LogP) is 1.89. The lowest BCUT2D eigenvalue weighted by Gasteiger charge is -2.19. The molecule has 0 aliphatic heterocycles. The highest BCUT2D eigenvalue weighted by atomic mass is 16.3. The number of aromatic nitrogens is 1. The Kier molecular flexibility index (Phi) is 3.56. The van der Waals surface area contributed by atoms with Crippen LogP contribution in [0.2, 0.25) is 0 Å². The van der Waals surface area contributed by atoms with Crippen molar-refractivity contribution in [2.45, 2.75) is 32.2 Å². The van der Waals surface area contributed by atoms with E-state index in [1.165, 1.54) is 12.8 Å². The van der Waals surface area contributed by atoms with Gasteiger partial charge in [-0.05, 0) is 43.7 Å². The van der Waals surface area contributed by atoms with Crippen LogP contribution in [0.5, 0.6) is 0 Å². The lowest BCUT2D eigenvalue weighted by Crippen LogP contribution is -2.27. The quantitative estimate of drug-likeness (QED) is 0.769. The van der Waals surface area contributed by atoms with Crippen molar-refractivity contribution in [3.63, 3.8) is 0 Å². The van der Waals surface area contributed by atoms with Crippen molar-refractivity contribution in [3.8, 4) is 0 Å². The van der Waals surface area contributed by atoms with Crippen molar-refractivity contribution in [2.75, 3.05) is 13.2 Å². The average molecular weight is 220 g/mol. The Bertz CT molecular complexity index is 322. The summed E-state index contributed by atoms with van der Waals surface area (Å²) in [5.41, 5.74) is 1.46. The second-order valence-corrected chi connectivity index (χ2v) is 4.83. The molecule has 16 heavy (non-hydrogen) atoms. The van der Waals surface area contributed by atoms with E-state index in [0.29, 0.717) is 12.0 Å². The highest BCUT2D eigenvalue weighted by Crippen LogP contribution is 2.48. The van der Waals surface area contributed by atoms with Crippen molar-refractivity contribution >= 4 is 0 Å². The number of pyridine rings is 1. The topological polar surface area (TPSA) is 45.1 Å². The van der Waals surface area contributed by atoms with E-state index in [2.05, 4.69) is 17.2 Å². The van der Waals surface area contributed by atoms with Gasteiger partial charge < -0.3 is 10.4 Å². The first kappa shape index (κ1) is 11.6. The minimum absolute atomic E-state index is 0.289. The monoisotopic (exact) mass is 220 g/mol. The minimum Gasteiger partial charge on any atom is -0.396 e. The zero-order chi connectivity index (χ0) is 11.4. The van der Waals surface area contributed by atoms with Crippen LogP contribution < -0.4 is 5.32 Å². The number of rotatable bonds is 6. The van der Waals surface area contributed by atoms with E-state index in [1.807, 2.05) is 24.4 Å². The number of aliphatic hydroxyl groups excluding tert-OH is 1. The van der Waals surface area contributed by atoms with E-state index in [4.69, 9.17) is 5.11 Å². The van der Waals surface area contributed by atoms with Crippen molar-refractivity contribution < 1.29 is 5.11 Å². The van der Waals surface area contributed by atoms with Crippen molar-refractivity contribution in [1.29, 1.82) is 0 Å². The van der Waals surface area contributed by atoms with Crippen molar-refractivity contribution in [1.82, 2.24) is 10.3 Å². The molecule has 88 valence electrons. The number of hydrogen-bond acceptors (Lipinski definition) is 3. The molecule has 1 unspecified atom stereocenters. The van der Waals surface area contributed by atoms with Gasteiger partial charge in [0.2, 0.25) is 0 Å². The minimum atomic E-state index is 0.289. The third kappa shape index (κ3) is 2.80. The first-order chi connectivity index (χ1) is 7.76. The van der Waals surface area contributed by atoms with Gasteiger partial charge in [-0.25, -0.2) is 0 Å². The van der Waals surface area contributed by atoms with Crippen LogP contribution in [0.1, 0.15) is 37.9 Å². The molecule has 1 aliphatic rings. The first-order valence-electron chi connectivity index (χ1n) is 6.01. The predicted molar refractivity (Wildman–Crippen MR) is 64.0 cm³/mol.